The number of piperazine rings is 1. The van der Waals surface area contributed by atoms with Crippen molar-refractivity contribution in [3.63, 3.8) is 0 Å². The maximum atomic E-state index is 12.2. The zero-order valence-electron chi connectivity index (χ0n) is 15.0. The molecule has 1 N–H and O–H groups in total. The first kappa shape index (κ1) is 19.2. The van der Waals surface area contributed by atoms with Gasteiger partial charge in [0.1, 0.15) is 0 Å². The molecule has 1 unspecified atom stereocenters. The van der Waals surface area contributed by atoms with Crippen LogP contribution in [0.15, 0.2) is 30.3 Å². The van der Waals surface area contributed by atoms with Gasteiger partial charge in [0.25, 0.3) is 10.2 Å². The molecule has 0 aromatic heterocycles. The molecule has 2 rings (SSSR count). The summed E-state index contributed by atoms with van der Waals surface area (Å²) in [7, 11) is -3.36. The van der Waals surface area contributed by atoms with E-state index in [4.69, 9.17) is 0 Å². The summed E-state index contributed by atoms with van der Waals surface area (Å²) in [4.78, 5) is 4.73. The molecular weight excluding hydrogens is 324 g/mol. The largest absolute Gasteiger partial charge is 0.369 e. The van der Waals surface area contributed by atoms with E-state index in [2.05, 4.69) is 45.7 Å². The van der Waals surface area contributed by atoms with Crippen LogP contribution in [0.3, 0.4) is 0 Å². The Balaban J connectivity index is 1.82. The zero-order chi connectivity index (χ0) is 17.6. The third-order valence-corrected chi connectivity index (χ3v) is 6.39. The fraction of sp³-hybridized carbons (Fsp3) is 0.647. The van der Waals surface area contributed by atoms with Gasteiger partial charge < -0.3 is 4.90 Å². The fourth-order valence-electron chi connectivity index (χ4n) is 3.07. The van der Waals surface area contributed by atoms with Crippen LogP contribution in [0.2, 0.25) is 0 Å². The van der Waals surface area contributed by atoms with Crippen molar-refractivity contribution in [2.24, 2.45) is 0 Å². The molecule has 0 aliphatic carbocycles. The molecule has 24 heavy (non-hydrogen) atoms. The molecule has 0 bridgehead atoms. The molecule has 1 fully saturated rings. The van der Waals surface area contributed by atoms with Crippen molar-refractivity contribution in [2.45, 2.75) is 26.8 Å². The van der Waals surface area contributed by atoms with Crippen LogP contribution < -0.4 is 9.62 Å². The minimum absolute atomic E-state index is 0.188. The van der Waals surface area contributed by atoms with E-state index in [1.807, 2.05) is 19.9 Å². The SMILES string of the molecule is CCN(CC)S(=O)(=O)NCC(C)N1CCN(c2ccccc2)CC1. The first-order chi connectivity index (χ1) is 11.5. The van der Waals surface area contributed by atoms with E-state index in [1.165, 1.54) is 9.99 Å². The van der Waals surface area contributed by atoms with Gasteiger partial charge >= 0.3 is 0 Å². The van der Waals surface area contributed by atoms with Gasteiger partial charge in [-0.2, -0.15) is 12.7 Å². The number of para-hydroxylation sites is 1. The molecule has 1 heterocycles. The molecule has 1 aliphatic heterocycles. The van der Waals surface area contributed by atoms with Crippen LogP contribution in [0.25, 0.3) is 0 Å². The molecule has 136 valence electrons. The van der Waals surface area contributed by atoms with Crippen LogP contribution in [0, 0.1) is 0 Å². The number of nitrogens with one attached hydrogen (secondary N) is 1. The van der Waals surface area contributed by atoms with Gasteiger partial charge in [-0.1, -0.05) is 32.0 Å². The summed E-state index contributed by atoms with van der Waals surface area (Å²) in [6.07, 6.45) is 0. The monoisotopic (exact) mass is 354 g/mol. The predicted molar refractivity (Wildman–Crippen MR) is 99.5 cm³/mol. The molecule has 7 heteroatoms. The molecule has 0 saturated carbocycles. The lowest BCUT2D eigenvalue weighted by Crippen LogP contribution is -2.53. The minimum Gasteiger partial charge on any atom is -0.369 e. The predicted octanol–water partition coefficient (Wildman–Crippen LogP) is 1.37. The summed E-state index contributed by atoms with van der Waals surface area (Å²) < 4.78 is 28.6. The second kappa shape index (κ2) is 8.80. The van der Waals surface area contributed by atoms with E-state index in [0.29, 0.717) is 19.6 Å². The van der Waals surface area contributed by atoms with E-state index < -0.39 is 10.2 Å². The van der Waals surface area contributed by atoms with Crippen molar-refractivity contribution >= 4 is 15.9 Å². The van der Waals surface area contributed by atoms with Gasteiger partial charge in [-0.05, 0) is 19.1 Å². The summed E-state index contributed by atoms with van der Waals surface area (Å²) in [6, 6.07) is 10.6. The number of nitrogens with zero attached hydrogens (tertiary/aromatic N) is 3. The maximum Gasteiger partial charge on any atom is 0.279 e. The number of anilines is 1. The van der Waals surface area contributed by atoms with Gasteiger partial charge in [0.15, 0.2) is 0 Å². The third kappa shape index (κ3) is 4.92. The van der Waals surface area contributed by atoms with E-state index in [-0.39, 0.29) is 6.04 Å². The molecule has 1 aromatic carbocycles. The van der Waals surface area contributed by atoms with E-state index >= 15 is 0 Å². The van der Waals surface area contributed by atoms with Crippen LogP contribution in [0.1, 0.15) is 20.8 Å². The lowest BCUT2D eigenvalue weighted by atomic mass is 10.2. The highest BCUT2D eigenvalue weighted by Gasteiger charge is 2.24. The van der Waals surface area contributed by atoms with Gasteiger partial charge in [-0.25, -0.2) is 4.72 Å². The number of benzene rings is 1. The van der Waals surface area contributed by atoms with Crippen LogP contribution in [0.4, 0.5) is 5.69 Å². The summed E-state index contributed by atoms with van der Waals surface area (Å²) in [5, 5.41) is 0. The highest BCUT2D eigenvalue weighted by atomic mass is 32.2. The van der Waals surface area contributed by atoms with Crippen LogP contribution in [-0.4, -0.2) is 69.5 Å². The molecule has 0 amide bonds. The lowest BCUT2D eigenvalue weighted by Gasteiger charge is -2.39. The molecule has 1 aliphatic rings. The van der Waals surface area contributed by atoms with Gasteiger partial charge in [0.05, 0.1) is 0 Å². The molecule has 1 aromatic rings. The van der Waals surface area contributed by atoms with Gasteiger partial charge in [-0.3, -0.25) is 4.90 Å². The average Bonchev–Trinajstić information content (AvgIpc) is 2.61. The molecule has 0 radical (unpaired) electrons. The number of hydrogen-bond donors (Lipinski definition) is 1. The van der Waals surface area contributed by atoms with Gasteiger partial charge in [0, 0.05) is 57.5 Å². The van der Waals surface area contributed by atoms with Crippen LogP contribution in [-0.2, 0) is 10.2 Å². The van der Waals surface area contributed by atoms with Crippen LogP contribution in [0.5, 0.6) is 0 Å². The van der Waals surface area contributed by atoms with Crippen LogP contribution >= 0.6 is 0 Å². The zero-order valence-corrected chi connectivity index (χ0v) is 15.8. The highest BCUT2D eigenvalue weighted by Crippen LogP contribution is 2.16. The lowest BCUT2D eigenvalue weighted by molar-refractivity contribution is 0.197. The van der Waals surface area contributed by atoms with Crippen molar-refractivity contribution in [3.8, 4) is 0 Å². The summed E-state index contributed by atoms with van der Waals surface area (Å²) in [6.45, 7) is 11.1. The Hall–Kier alpha value is -1.15. The van der Waals surface area contributed by atoms with Crippen molar-refractivity contribution in [3.05, 3.63) is 30.3 Å². The first-order valence-corrected chi connectivity index (χ1v) is 10.2. The standard InChI is InChI=1S/C17H30N4O2S/c1-4-21(5-2)24(22,23)18-15-16(3)19-11-13-20(14-12-19)17-9-7-6-8-10-17/h6-10,16,18H,4-5,11-15H2,1-3H3. The topological polar surface area (TPSA) is 55.9 Å². The normalized spacial score (nSPS) is 18.1. The first-order valence-electron chi connectivity index (χ1n) is 8.76. The number of hydrogen-bond acceptors (Lipinski definition) is 4. The smallest absolute Gasteiger partial charge is 0.279 e. The third-order valence-electron chi connectivity index (χ3n) is 4.67. The molecular formula is C17H30N4O2S. The van der Waals surface area contributed by atoms with Gasteiger partial charge in [-0.15, -0.1) is 0 Å². The molecule has 6 nitrogen and oxygen atoms in total. The Morgan fingerprint density at radius 2 is 1.67 bits per heavy atom. The van der Waals surface area contributed by atoms with Crippen molar-refractivity contribution in [1.29, 1.82) is 0 Å². The summed E-state index contributed by atoms with van der Waals surface area (Å²) >= 11 is 0. The van der Waals surface area contributed by atoms with Crippen molar-refractivity contribution in [2.75, 3.05) is 50.7 Å². The van der Waals surface area contributed by atoms with E-state index in [9.17, 15) is 8.42 Å². The molecule has 0 spiro atoms. The van der Waals surface area contributed by atoms with Crippen molar-refractivity contribution < 1.29 is 8.42 Å². The fourth-order valence-corrected chi connectivity index (χ4v) is 4.38. The maximum absolute atomic E-state index is 12.2. The second-order valence-corrected chi connectivity index (χ2v) is 7.90. The van der Waals surface area contributed by atoms with E-state index in [0.717, 1.165) is 26.2 Å². The Kier molecular flexibility index (Phi) is 7.03. The Labute approximate surface area is 146 Å². The average molecular weight is 355 g/mol. The summed E-state index contributed by atoms with van der Waals surface area (Å²) in [5.74, 6) is 0. The second-order valence-electron chi connectivity index (χ2n) is 6.15. The van der Waals surface area contributed by atoms with Gasteiger partial charge in [0.2, 0.25) is 0 Å². The quantitative estimate of drug-likeness (QED) is 0.766. The number of rotatable bonds is 8. The minimum atomic E-state index is -3.36. The molecule has 1 atom stereocenters. The summed E-state index contributed by atoms with van der Waals surface area (Å²) in [5.41, 5.74) is 1.26. The Morgan fingerprint density at radius 1 is 1.08 bits per heavy atom. The Bertz CT molecular complexity index is 582. The Morgan fingerprint density at radius 3 is 2.21 bits per heavy atom. The van der Waals surface area contributed by atoms with Crippen molar-refractivity contribution in [1.82, 2.24) is 13.9 Å². The van der Waals surface area contributed by atoms with E-state index in [1.54, 1.807) is 0 Å². The highest BCUT2D eigenvalue weighted by molar-refractivity contribution is 7.87. The molecule has 1 saturated heterocycles.